The largest absolute Gasteiger partial charge is 0.352 e. The molecule has 3 rings (SSSR count). The second kappa shape index (κ2) is 8.48. The highest BCUT2D eigenvalue weighted by atomic mass is 32.2. The molecule has 2 amide bonds. The van der Waals surface area contributed by atoms with Gasteiger partial charge in [-0.1, -0.05) is 23.4 Å². The van der Waals surface area contributed by atoms with Crippen LogP contribution in [0.2, 0.25) is 0 Å². The minimum absolute atomic E-state index is 0.00739. The number of unbranched alkanes of at least 4 members (excludes halogenated alkanes) is 1. The van der Waals surface area contributed by atoms with Gasteiger partial charge in [0.05, 0.1) is 16.7 Å². The van der Waals surface area contributed by atoms with Crippen LogP contribution in [0.5, 0.6) is 0 Å². The summed E-state index contributed by atoms with van der Waals surface area (Å²) in [6.07, 6.45) is 4.14. The molecule has 0 saturated carbocycles. The van der Waals surface area contributed by atoms with Crippen LogP contribution >= 0.6 is 11.8 Å². The SMILES string of the molecule is O=C(NCCCCSC1=CC(=O)c2oncc2C1=O)Nc1ccccc1. The molecule has 0 bridgehead atoms. The molecule has 1 aromatic heterocycles. The second-order valence-corrected chi connectivity index (χ2v) is 6.71. The summed E-state index contributed by atoms with van der Waals surface area (Å²) in [6, 6.07) is 8.95. The Hall–Kier alpha value is -2.87. The number of Topliss-reactive ketones (excluding diaryl/α,β-unsaturated/α-hetero) is 1. The fourth-order valence-electron chi connectivity index (χ4n) is 2.38. The van der Waals surface area contributed by atoms with E-state index in [9.17, 15) is 14.4 Å². The van der Waals surface area contributed by atoms with Crippen molar-refractivity contribution in [3.8, 4) is 0 Å². The zero-order valence-corrected chi connectivity index (χ0v) is 14.7. The molecule has 0 spiro atoms. The molecule has 0 atom stereocenters. The summed E-state index contributed by atoms with van der Waals surface area (Å²) in [4.78, 5) is 36.2. The number of nitrogens with zero attached hydrogens (tertiary/aromatic N) is 1. The molecule has 1 aliphatic rings. The smallest absolute Gasteiger partial charge is 0.319 e. The van der Waals surface area contributed by atoms with Crippen molar-refractivity contribution >= 4 is 35.0 Å². The fraction of sp³-hybridized carbons (Fsp3) is 0.222. The summed E-state index contributed by atoms with van der Waals surface area (Å²) >= 11 is 1.33. The number of amides is 2. The molecule has 1 aliphatic carbocycles. The number of rotatable bonds is 7. The lowest BCUT2D eigenvalue weighted by atomic mass is 10.0. The molecule has 0 unspecified atom stereocenters. The third-order valence-corrected chi connectivity index (χ3v) is 4.78. The number of anilines is 1. The molecular weight excluding hydrogens is 354 g/mol. The minimum atomic E-state index is -0.334. The zero-order chi connectivity index (χ0) is 18.4. The van der Waals surface area contributed by atoms with Gasteiger partial charge in [-0.15, -0.1) is 11.8 Å². The van der Waals surface area contributed by atoms with Crippen LogP contribution < -0.4 is 10.6 Å². The Bertz CT molecular complexity index is 845. The number of carbonyl (C=O) groups is 3. The van der Waals surface area contributed by atoms with Gasteiger partial charge in [0.1, 0.15) is 0 Å². The van der Waals surface area contributed by atoms with Crippen molar-refractivity contribution in [3.63, 3.8) is 0 Å². The molecule has 26 heavy (non-hydrogen) atoms. The minimum Gasteiger partial charge on any atom is -0.352 e. The van der Waals surface area contributed by atoms with E-state index in [0.29, 0.717) is 17.2 Å². The fourth-order valence-corrected chi connectivity index (χ4v) is 3.38. The Balaban J connectivity index is 1.34. The Morgan fingerprint density at radius 2 is 1.96 bits per heavy atom. The molecule has 0 radical (unpaired) electrons. The van der Waals surface area contributed by atoms with Gasteiger partial charge in [0.15, 0.2) is 0 Å². The summed E-state index contributed by atoms with van der Waals surface area (Å²) < 4.78 is 4.79. The Labute approximate surface area is 154 Å². The number of hydrogen-bond acceptors (Lipinski definition) is 6. The predicted octanol–water partition coefficient (Wildman–Crippen LogP) is 3.27. The van der Waals surface area contributed by atoms with Crippen LogP contribution in [-0.4, -0.2) is 35.1 Å². The third kappa shape index (κ3) is 4.40. The standard InChI is InChI=1S/C18H17N3O4S/c22-14-10-15(16(23)13-11-20-25-17(13)14)26-9-5-4-8-19-18(24)21-12-6-2-1-3-7-12/h1-3,6-7,10-11H,4-5,8-9H2,(H2,19,21,24). The molecular formula is C18H17N3O4S. The first-order chi connectivity index (χ1) is 12.6. The van der Waals surface area contributed by atoms with E-state index in [0.717, 1.165) is 18.5 Å². The Kier molecular flexibility index (Phi) is 5.85. The monoisotopic (exact) mass is 371 g/mol. The molecule has 1 aromatic carbocycles. The summed E-state index contributed by atoms with van der Waals surface area (Å²) in [5.41, 5.74) is 0.959. The number of thioether (sulfide) groups is 1. The maximum Gasteiger partial charge on any atom is 0.319 e. The van der Waals surface area contributed by atoms with Gasteiger partial charge in [-0.3, -0.25) is 9.59 Å². The van der Waals surface area contributed by atoms with Gasteiger partial charge in [0, 0.05) is 18.3 Å². The number of fused-ring (bicyclic) bond motifs is 1. The lowest BCUT2D eigenvalue weighted by Crippen LogP contribution is -2.29. The van der Waals surface area contributed by atoms with Crippen LogP contribution in [0.25, 0.3) is 0 Å². The number of hydrogen-bond donors (Lipinski definition) is 2. The number of carbonyl (C=O) groups excluding carboxylic acids is 3. The quantitative estimate of drug-likeness (QED) is 0.725. The first-order valence-corrected chi connectivity index (χ1v) is 9.12. The molecule has 1 heterocycles. The number of allylic oxidation sites excluding steroid dienone is 2. The van der Waals surface area contributed by atoms with Gasteiger partial charge in [-0.05, 0) is 30.7 Å². The molecule has 2 N–H and O–H groups in total. The second-order valence-electron chi connectivity index (χ2n) is 5.57. The maximum absolute atomic E-state index is 12.2. The first-order valence-electron chi connectivity index (χ1n) is 8.13. The Morgan fingerprint density at radius 1 is 1.15 bits per heavy atom. The van der Waals surface area contributed by atoms with Crippen LogP contribution in [0.15, 0.2) is 52.0 Å². The highest BCUT2D eigenvalue weighted by Gasteiger charge is 2.29. The van der Waals surface area contributed by atoms with Crippen LogP contribution in [-0.2, 0) is 0 Å². The number of nitrogens with one attached hydrogen (secondary N) is 2. The van der Waals surface area contributed by atoms with Gasteiger partial charge in [-0.25, -0.2) is 4.79 Å². The van der Waals surface area contributed by atoms with E-state index in [1.165, 1.54) is 24.0 Å². The first kappa shape index (κ1) is 17.9. The lowest BCUT2D eigenvalue weighted by Gasteiger charge is -2.10. The topological polar surface area (TPSA) is 101 Å². The summed E-state index contributed by atoms with van der Waals surface area (Å²) in [5.74, 6) is 0.117. The summed E-state index contributed by atoms with van der Waals surface area (Å²) in [6.45, 7) is 0.529. The van der Waals surface area contributed by atoms with Crippen LogP contribution in [0.4, 0.5) is 10.5 Å². The van der Waals surface area contributed by atoms with Crippen LogP contribution in [0, 0.1) is 0 Å². The highest BCUT2D eigenvalue weighted by molar-refractivity contribution is 8.04. The molecule has 2 aromatic rings. The van der Waals surface area contributed by atoms with E-state index in [2.05, 4.69) is 15.8 Å². The van der Waals surface area contributed by atoms with Gasteiger partial charge in [0.25, 0.3) is 0 Å². The van der Waals surface area contributed by atoms with Gasteiger partial charge in [0.2, 0.25) is 17.3 Å². The highest BCUT2D eigenvalue weighted by Crippen LogP contribution is 2.28. The Morgan fingerprint density at radius 3 is 2.77 bits per heavy atom. The van der Waals surface area contributed by atoms with Crippen molar-refractivity contribution in [1.29, 1.82) is 0 Å². The number of aromatic nitrogens is 1. The molecule has 7 nitrogen and oxygen atoms in total. The average Bonchev–Trinajstić information content (AvgIpc) is 3.13. The van der Waals surface area contributed by atoms with Crippen LogP contribution in [0.3, 0.4) is 0 Å². The molecule has 0 saturated heterocycles. The number of para-hydroxylation sites is 1. The lowest BCUT2D eigenvalue weighted by molar-refractivity contribution is 0.0967. The predicted molar refractivity (Wildman–Crippen MR) is 98.4 cm³/mol. The molecule has 0 aliphatic heterocycles. The molecule has 0 fully saturated rings. The van der Waals surface area contributed by atoms with Gasteiger partial charge >= 0.3 is 6.03 Å². The average molecular weight is 371 g/mol. The van der Waals surface area contributed by atoms with E-state index >= 15 is 0 Å². The normalized spacial score (nSPS) is 13.2. The summed E-state index contributed by atoms with van der Waals surface area (Å²) in [7, 11) is 0. The van der Waals surface area contributed by atoms with Crippen molar-refractivity contribution in [3.05, 3.63) is 58.8 Å². The van der Waals surface area contributed by atoms with Gasteiger partial charge in [-0.2, -0.15) is 0 Å². The number of ketones is 2. The summed E-state index contributed by atoms with van der Waals surface area (Å²) in [5, 5.41) is 9.02. The number of benzene rings is 1. The van der Waals surface area contributed by atoms with Crippen LogP contribution in [0.1, 0.15) is 33.8 Å². The van der Waals surface area contributed by atoms with E-state index in [4.69, 9.17) is 4.52 Å². The van der Waals surface area contributed by atoms with Crippen molar-refractivity contribution < 1.29 is 18.9 Å². The van der Waals surface area contributed by atoms with Crippen molar-refractivity contribution in [2.75, 3.05) is 17.6 Å². The van der Waals surface area contributed by atoms with Crippen molar-refractivity contribution in [1.82, 2.24) is 10.5 Å². The van der Waals surface area contributed by atoms with E-state index in [1.807, 2.05) is 30.3 Å². The maximum atomic E-state index is 12.2. The van der Waals surface area contributed by atoms with E-state index < -0.39 is 0 Å². The van der Waals surface area contributed by atoms with E-state index in [1.54, 1.807) is 0 Å². The van der Waals surface area contributed by atoms with Crippen molar-refractivity contribution in [2.45, 2.75) is 12.8 Å². The molecule has 8 heteroatoms. The molecule has 134 valence electrons. The zero-order valence-electron chi connectivity index (χ0n) is 13.9. The van der Waals surface area contributed by atoms with E-state index in [-0.39, 0.29) is 28.9 Å². The number of urea groups is 1. The third-order valence-electron chi connectivity index (χ3n) is 3.67. The van der Waals surface area contributed by atoms with Crippen molar-refractivity contribution in [2.24, 2.45) is 0 Å². The van der Waals surface area contributed by atoms with Gasteiger partial charge < -0.3 is 15.2 Å².